The molecule has 0 aliphatic heterocycles. The van der Waals surface area contributed by atoms with E-state index in [-0.39, 0.29) is 6.10 Å². The standard InChI is InChI=1S/C14H19N3O2/c1-8-9(2)19-14-12(8)13(16-7-17-14)15-6-10-4-3-5-11(10)18/h7,10-11,18H,3-6H2,1-2H3,(H,15,16,17). The van der Waals surface area contributed by atoms with Crippen molar-refractivity contribution in [1.29, 1.82) is 0 Å². The molecule has 0 aromatic carbocycles. The molecule has 5 heteroatoms. The Bertz CT molecular complexity index is 594. The second kappa shape index (κ2) is 4.81. The van der Waals surface area contributed by atoms with Gasteiger partial charge in [-0.25, -0.2) is 9.97 Å². The van der Waals surface area contributed by atoms with Crippen LogP contribution >= 0.6 is 0 Å². The summed E-state index contributed by atoms with van der Waals surface area (Å²) in [6, 6.07) is 0. The molecule has 2 N–H and O–H groups in total. The molecule has 1 saturated carbocycles. The SMILES string of the molecule is Cc1oc2ncnc(NCC3CCCC3O)c2c1C. The lowest BCUT2D eigenvalue weighted by Crippen LogP contribution is -2.22. The number of fused-ring (bicyclic) bond motifs is 1. The molecule has 2 aromatic rings. The molecule has 2 heterocycles. The number of aliphatic hydroxyl groups is 1. The number of aryl methyl sites for hydroxylation is 2. The zero-order chi connectivity index (χ0) is 13.4. The number of rotatable bonds is 3. The minimum Gasteiger partial charge on any atom is -0.443 e. The lowest BCUT2D eigenvalue weighted by atomic mass is 10.1. The van der Waals surface area contributed by atoms with E-state index in [1.54, 1.807) is 0 Å². The van der Waals surface area contributed by atoms with E-state index in [0.717, 1.165) is 48.3 Å². The maximum absolute atomic E-state index is 9.85. The molecule has 2 aromatic heterocycles. The van der Waals surface area contributed by atoms with E-state index in [9.17, 15) is 5.11 Å². The summed E-state index contributed by atoms with van der Waals surface area (Å²) in [6.07, 6.45) is 4.42. The van der Waals surface area contributed by atoms with Crippen LogP contribution in [-0.4, -0.2) is 27.7 Å². The van der Waals surface area contributed by atoms with Crippen LogP contribution in [0.4, 0.5) is 5.82 Å². The summed E-state index contributed by atoms with van der Waals surface area (Å²) in [5, 5.41) is 14.1. The zero-order valence-corrected chi connectivity index (χ0v) is 11.3. The molecule has 2 unspecified atom stereocenters. The number of nitrogens with zero attached hydrogens (tertiary/aromatic N) is 2. The van der Waals surface area contributed by atoms with E-state index < -0.39 is 0 Å². The summed E-state index contributed by atoms with van der Waals surface area (Å²) in [5.41, 5.74) is 1.70. The van der Waals surface area contributed by atoms with Gasteiger partial charge in [0.15, 0.2) is 0 Å². The van der Waals surface area contributed by atoms with Crippen LogP contribution in [0, 0.1) is 19.8 Å². The third kappa shape index (κ3) is 2.18. The van der Waals surface area contributed by atoms with Crippen molar-refractivity contribution in [3.63, 3.8) is 0 Å². The minimum absolute atomic E-state index is 0.183. The molecule has 1 fully saturated rings. The van der Waals surface area contributed by atoms with Crippen molar-refractivity contribution in [2.75, 3.05) is 11.9 Å². The summed E-state index contributed by atoms with van der Waals surface area (Å²) in [5.74, 6) is 2.00. The highest BCUT2D eigenvalue weighted by molar-refractivity contribution is 5.89. The normalized spacial score (nSPS) is 23.1. The Hall–Kier alpha value is -1.62. The second-order valence-electron chi connectivity index (χ2n) is 5.32. The monoisotopic (exact) mass is 261 g/mol. The van der Waals surface area contributed by atoms with Crippen LogP contribution in [-0.2, 0) is 0 Å². The van der Waals surface area contributed by atoms with Gasteiger partial charge in [-0.3, -0.25) is 0 Å². The summed E-state index contributed by atoms with van der Waals surface area (Å²) < 4.78 is 5.59. The highest BCUT2D eigenvalue weighted by atomic mass is 16.3. The molecule has 5 nitrogen and oxygen atoms in total. The van der Waals surface area contributed by atoms with Crippen LogP contribution in [0.5, 0.6) is 0 Å². The van der Waals surface area contributed by atoms with Gasteiger partial charge in [0.1, 0.15) is 17.9 Å². The molecule has 0 radical (unpaired) electrons. The molecule has 3 rings (SSSR count). The lowest BCUT2D eigenvalue weighted by Gasteiger charge is -2.15. The van der Waals surface area contributed by atoms with E-state index >= 15 is 0 Å². The summed E-state index contributed by atoms with van der Waals surface area (Å²) >= 11 is 0. The van der Waals surface area contributed by atoms with Crippen molar-refractivity contribution < 1.29 is 9.52 Å². The third-order valence-corrected chi connectivity index (χ3v) is 4.12. The quantitative estimate of drug-likeness (QED) is 0.887. The number of aromatic nitrogens is 2. The number of aliphatic hydroxyl groups excluding tert-OH is 1. The Morgan fingerprint density at radius 1 is 1.37 bits per heavy atom. The van der Waals surface area contributed by atoms with Crippen molar-refractivity contribution in [2.45, 2.75) is 39.2 Å². The Kier molecular flexibility index (Phi) is 3.14. The van der Waals surface area contributed by atoms with E-state index in [4.69, 9.17) is 4.42 Å². The highest BCUT2D eigenvalue weighted by Gasteiger charge is 2.25. The summed E-state index contributed by atoms with van der Waals surface area (Å²) in [7, 11) is 0. The predicted molar refractivity (Wildman–Crippen MR) is 73.1 cm³/mol. The summed E-state index contributed by atoms with van der Waals surface area (Å²) in [4.78, 5) is 8.45. The first-order chi connectivity index (χ1) is 9.16. The van der Waals surface area contributed by atoms with Crippen LogP contribution < -0.4 is 5.32 Å². The van der Waals surface area contributed by atoms with Gasteiger partial charge in [-0.1, -0.05) is 6.42 Å². The molecular weight excluding hydrogens is 242 g/mol. The zero-order valence-electron chi connectivity index (χ0n) is 11.3. The average Bonchev–Trinajstić information content (AvgIpc) is 2.92. The van der Waals surface area contributed by atoms with Crippen molar-refractivity contribution >= 4 is 16.9 Å². The Balaban J connectivity index is 1.84. The number of hydrogen-bond acceptors (Lipinski definition) is 5. The molecule has 102 valence electrons. The van der Waals surface area contributed by atoms with Gasteiger partial charge in [0.25, 0.3) is 0 Å². The first-order valence-electron chi connectivity index (χ1n) is 6.79. The van der Waals surface area contributed by atoms with Gasteiger partial charge in [0, 0.05) is 18.0 Å². The van der Waals surface area contributed by atoms with Gasteiger partial charge in [0.05, 0.1) is 11.5 Å². The Labute approximate surface area is 112 Å². The van der Waals surface area contributed by atoms with Gasteiger partial charge < -0.3 is 14.8 Å². The number of anilines is 1. The molecule has 0 spiro atoms. The summed E-state index contributed by atoms with van der Waals surface area (Å²) in [6.45, 7) is 4.69. The minimum atomic E-state index is -0.183. The second-order valence-corrected chi connectivity index (χ2v) is 5.32. The largest absolute Gasteiger partial charge is 0.443 e. The number of nitrogens with one attached hydrogen (secondary N) is 1. The predicted octanol–water partition coefficient (Wildman–Crippen LogP) is 2.41. The molecule has 0 bridgehead atoms. The number of hydrogen-bond donors (Lipinski definition) is 2. The van der Waals surface area contributed by atoms with Gasteiger partial charge in [-0.2, -0.15) is 0 Å². The Morgan fingerprint density at radius 2 is 2.21 bits per heavy atom. The van der Waals surface area contributed by atoms with Crippen molar-refractivity contribution in [3.8, 4) is 0 Å². The fourth-order valence-electron chi connectivity index (χ4n) is 2.80. The van der Waals surface area contributed by atoms with Crippen molar-refractivity contribution in [3.05, 3.63) is 17.7 Å². The molecule has 1 aliphatic rings. The first-order valence-corrected chi connectivity index (χ1v) is 6.79. The molecule has 2 atom stereocenters. The first kappa shape index (κ1) is 12.4. The number of furan rings is 1. The topological polar surface area (TPSA) is 71.2 Å². The van der Waals surface area contributed by atoms with Crippen LogP contribution in [0.1, 0.15) is 30.6 Å². The maximum Gasteiger partial charge on any atom is 0.231 e. The molecule has 0 saturated heterocycles. The fraction of sp³-hybridized carbons (Fsp3) is 0.571. The van der Waals surface area contributed by atoms with E-state index in [0.29, 0.717) is 11.6 Å². The van der Waals surface area contributed by atoms with Crippen LogP contribution in [0.25, 0.3) is 11.1 Å². The van der Waals surface area contributed by atoms with Gasteiger partial charge >= 0.3 is 0 Å². The third-order valence-electron chi connectivity index (χ3n) is 4.12. The molecular formula is C14H19N3O2. The van der Waals surface area contributed by atoms with Crippen molar-refractivity contribution in [2.24, 2.45) is 5.92 Å². The van der Waals surface area contributed by atoms with Crippen LogP contribution in [0.3, 0.4) is 0 Å². The van der Waals surface area contributed by atoms with Gasteiger partial charge in [0.2, 0.25) is 5.71 Å². The molecule has 19 heavy (non-hydrogen) atoms. The lowest BCUT2D eigenvalue weighted by molar-refractivity contribution is 0.138. The fourth-order valence-corrected chi connectivity index (χ4v) is 2.80. The maximum atomic E-state index is 9.85. The van der Waals surface area contributed by atoms with E-state index in [1.807, 2.05) is 13.8 Å². The molecule has 1 aliphatic carbocycles. The van der Waals surface area contributed by atoms with E-state index in [1.165, 1.54) is 6.33 Å². The average molecular weight is 261 g/mol. The van der Waals surface area contributed by atoms with Gasteiger partial charge in [-0.15, -0.1) is 0 Å². The van der Waals surface area contributed by atoms with Crippen LogP contribution in [0.2, 0.25) is 0 Å². The smallest absolute Gasteiger partial charge is 0.231 e. The highest BCUT2D eigenvalue weighted by Crippen LogP contribution is 2.30. The molecule has 0 amide bonds. The van der Waals surface area contributed by atoms with E-state index in [2.05, 4.69) is 15.3 Å². The van der Waals surface area contributed by atoms with Crippen LogP contribution in [0.15, 0.2) is 10.7 Å². The van der Waals surface area contributed by atoms with Crippen molar-refractivity contribution in [1.82, 2.24) is 9.97 Å². The van der Waals surface area contributed by atoms with Gasteiger partial charge in [-0.05, 0) is 26.7 Å². The Morgan fingerprint density at radius 3 is 2.95 bits per heavy atom.